The van der Waals surface area contributed by atoms with Gasteiger partial charge in [-0.1, -0.05) is 19.8 Å². The number of hydrogen-bond acceptors (Lipinski definition) is 2. The normalized spacial score (nSPS) is 40.2. The van der Waals surface area contributed by atoms with Gasteiger partial charge in [0.25, 0.3) is 0 Å². The fraction of sp³-hybridized carbons (Fsp3) is 0.941. The van der Waals surface area contributed by atoms with E-state index in [0.717, 1.165) is 31.6 Å². The number of nitrogens with zero attached hydrogens (tertiary/aromatic N) is 2. The van der Waals surface area contributed by atoms with Gasteiger partial charge in [-0.3, -0.25) is 0 Å². The lowest BCUT2D eigenvalue weighted by Gasteiger charge is -2.55. The molecule has 0 bridgehead atoms. The van der Waals surface area contributed by atoms with Crippen LogP contribution in [0.4, 0.5) is 0 Å². The first-order valence-electron chi connectivity index (χ1n) is 8.90. The van der Waals surface area contributed by atoms with Crippen LogP contribution in [-0.2, 0) is 4.74 Å². The number of nitrogens with two attached hydrogens (primary N) is 1. The van der Waals surface area contributed by atoms with Crippen LogP contribution < -0.4 is 5.73 Å². The van der Waals surface area contributed by atoms with Gasteiger partial charge in [0.15, 0.2) is 5.96 Å². The molecule has 0 amide bonds. The van der Waals surface area contributed by atoms with Crippen molar-refractivity contribution in [1.29, 1.82) is 0 Å². The lowest BCUT2D eigenvalue weighted by molar-refractivity contribution is -0.117. The Morgan fingerprint density at radius 2 is 2.00 bits per heavy atom. The second-order valence-corrected chi connectivity index (χ2v) is 7.81. The van der Waals surface area contributed by atoms with Crippen molar-refractivity contribution in [3.8, 4) is 0 Å². The van der Waals surface area contributed by atoms with Crippen LogP contribution in [0.1, 0.15) is 51.9 Å². The van der Waals surface area contributed by atoms with Crippen LogP contribution >= 0.6 is 24.0 Å². The smallest absolute Gasteiger partial charge is 0.191 e. The number of guanidine groups is 1. The Labute approximate surface area is 151 Å². The third-order valence-electron chi connectivity index (χ3n) is 6.49. The number of aliphatic imine (C=N–C) groups is 1. The quantitative estimate of drug-likeness (QED) is 0.404. The summed E-state index contributed by atoms with van der Waals surface area (Å²) in [5, 5.41) is 0. The Balaban J connectivity index is 0.00000144. The van der Waals surface area contributed by atoms with E-state index in [1.54, 1.807) is 0 Å². The van der Waals surface area contributed by atoms with Crippen LogP contribution in [0.5, 0.6) is 0 Å². The molecule has 4 rings (SSSR count). The number of fused-ring (bicyclic) bond motifs is 2. The van der Waals surface area contributed by atoms with Gasteiger partial charge in [-0.15, -0.1) is 24.0 Å². The zero-order valence-electron chi connectivity index (χ0n) is 13.7. The molecule has 126 valence electrons. The monoisotopic (exact) mass is 419 g/mol. The van der Waals surface area contributed by atoms with E-state index >= 15 is 0 Å². The summed E-state index contributed by atoms with van der Waals surface area (Å²) in [6.45, 7) is 5.43. The molecule has 2 saturated carbocycles. The molecule has 0 aromatic rings. The van der Waals surface area contributed by atoms with E-state index in [9.17, 15) is 0 Å². The molecule has 0 aromatic carbocycles. The predicted octanol–water partition coefficient (Wildman–Crippen LogP) is 3.00. The van der Waals surface area contributed by atoms with Crippen molar-refractivity contribution >= 4 is 29.9 Å². The maximum atomic E-state index is 6.39. The fourth-order valence-corrected chi connectivity index (χ4v) is 5.46. The summed E-state index contributed by atoms with van der Waals surface area (Å²) in [4.78, 5) is 7.38. The first-order chi connectivity index (χ1) is 10.2. The highest BCUT2D eigenvalue weighted by Gasteiger charge is 2.65. The standard InChI is InChI=1S/C17H29N3O.HI/c1-12-5-4-9-20(11-12)16(18)19-14-13-6-10-21-15(13)17(14)7-2-3-8-17;/h12-15H,2-11H2,1H3,(H2,18,19);1H. The minimum absolute atomic E-state index is 0. The lowest BCUT2D eigenvalue weighted by Crippen LogP contribution is -2.61. The minimum Gasteiger partial charge on any atom is -0.377 e. The van der Waals surface area contributed by atoms with Crippen molar-refractivity contribution in [2.45, 2.75) is 64.0 Å². The summed E-state index contributed by atoms with van der Waals surface area (Å²) in [6, 6.07) is 0.435. The van der Waals surface area contributed by atoms with Gasteiger partial charge in [-0.25, -0.2) is 4.99 Å². The van der Waals surface area contributed by atoms with Gasteiger partial charge in [0.2, 0.25) is 0 Å². The van der Waals surface area contributed by atoms with Crippen molar-refractivity contribution in [2.75, 3.05) is 19.7 Å². The molecule has 4 nitrogen and oxygen atoms in total. The molecular weight excluding hydrogens is 389 g/mol. The molecule has 5 heteroatoms. The molecule has 2 heterocycles. The predicted molar refractivity (Wildman–Crippen MR) is 99.5 cm³/mol. The molecule has 2 saturated heterocycles. The Morgan fingerprint density at radius 3 is 2.73 bits per heavy atom. The van der Waals surface area contributed by atoms with Crippen LogP contribution in [0.3, 0.4) is 0 Å². The molecule has 4 unspecified atom stereocenters. The zero-order chi connectivity index (χ0) is 14.4. The van der Waals surface area contributed by atoms with Crippen LogP contribution in [0, 0.1) is 17.3 Å². The van der Waals surface area contributed by atoms with Gasteiger partial charge >= 0.3 is 0 Å². The number of ether oxygens (including phenoxy) is 1. The molecule has 22 heavy (non-hydrogen) atoms. The molecule has 4 aliphatic rings. The number of piperidine rings is 1. The van der Waals surface area contributed by atoms with Gasteiger partial charge < -0.3 is 15.4 Å². The second kappa shape index (κ2) is 6.46. The summed E-state index contributed by atoms with van der Waals surface area (Å²) in [5.74, 6) is 2.20. The van der Waals surface area contributed by atoms with Crippen LogP contribution in [0.2, 0.25) is 0 Å². The van der Waals surface area contributed by atoms with Crippen LogP contribution in [-0.4, -0.2) is 42.7 Å². The number of hydrogen-bond donors (Lipinski definition) is 1. The van der Waals surface area contributed by atoms with E-state index in [1.807, 2.05) is 0 Å². The topological polar surface area (TPSA) is 50.8 Å². The second-order valence-electron chi connectivity index (χ2n) is 7.81. The first kappa shape index (κ1) is 16.8. The Kier molecular flexibility index (Phi) is 4.93. The van der Waals surface area contributed by atoms with Crippen molar-refractivity contribution < 1.29 is 4.74 Å². The molecule has 2 aliphatic carbocycles. The lowest BCUT2D eigenvalue weighted by atomic mass is 9.54. The molecule has 4 atom stereocenters. The Bertz CT molecular complexity index is 436. The van der Waals surface area contributed by atoms with E-state index < -0.39 is 0 Å². The van der Waals surface area contributed by atoms with Gasteiger partial charge in [-0.05, 0) is 38.0 Å². The average Bonchev–Trinajstić information content (AvgIpc) is 3.12. The molecule has 2 N–H and O–H groups in total. The Hall–Kier alpha value is -0.0400. The number of likely N-dealkylation sites (tertiary alicyclic amines) is 1. The maximum absolute atomic E-state index is 6.39. The third-order valence-corrected chi connectivity index (χ3v) is 6.49. The maximum Gasteiger partial charge on any atom is 0.191 e. The van der Waals surface area contributed by atoms with E-state index in [1.165, 1.54) is 44.9 Å². The fourth-order valence-electron chi connectivity index (χ4n) is 5.46. The molecule has 4 fully saturated rings. The molecular formula is C17H30IN3O. The number of rotatable bonds is 1. The van der Waals surface area contributed by atoms with E-state index in [0.29, 0.717) is 23.5 Å². The molecule has 1 spiro atoms. The van der Waals surface area contributed by atoms with Crippen molar-refractivity contribution in [3.05, 3.63) is 0 Å². The number of halogens is 1. The van der Waals surface area contributed by atoms with E-state index in [4.69, 9.17) is 15.5 Å². The largest absolute Gasteiger partial charge is 0.377 e. The van der Waals surface area contributed by atoms with E-state index in [-0.39, 0.29) is 24.0 Å². The molecule has 0 aromatic heterocycles. The summed E-state index contributed by atoms with van der Waals surface area (Å²) in [7, 11) is 0. The van der Waals surface area contributed by atoms with Crippen LogP contribution in [0.25, 0.3) is 0 Å². The summed E-state index contributed by atoms with van der Waals surface area (Å²) in [6.07, 6.45) is 9.54. The summed E-state index contributed by atoms with van der Waals surface area (Å²) < 4.78 is 6.04. The average molecular weight is 419 g/mol. The Morgan fingerprint density at radius 1 is 1.23 bits per heavy atom. The minimum atomic E-state index is 0. The highest BCUT2D eigenvalue weighted by Crippen LogP contribution is 2.62. The summed E-state index contributed by atoms with van der Waals surface area (Å²) >= 11 is 0. The highest BCUT2D eigenvalue weighted by molar-refractivity contribution is 14.0. The van der Waals surface area contributed by atoms with Crippen molar-refractivity contribution in [2.24, 2.45) is 28.0 Å². The molecule has 0 radical (unpaired) electrons. The van der Waals surface area contributed by atoms with Crippen LogP contribution in [0.15, 0.2) is 4.99 Å². The highest BCUT2D eigenvalue weighted by atomic mass is 127. The van der Waals surface area contributed by atoms with Crippen molar-refractivity contribution in [1.82, 2.24) is 4.90 Å². The summed E-state index contributed by atoms with van der Waals surface area (Å²) in [5.41, 5.74) is 6.73. The third kappa shape index (κ3) is 2.56. The van der Waals surface area contributed by atoms with Crippen molar-refractivity contribution in [3.63, 3.8) is 0 Å². The SMILES string of the molecule is CC1CCCN(C(N)=NC2C3CCOC3C23CCCC3)C1.I. The van der Waals surface area contributed by atoms with Gasteiger partial charge in [0, 0.05) is 31.0 Å². The van der Waals surface area contributed by atoms with E-state index in [2.05, 4.69) is 11.8 Å². The zero-order valence-corrected chi connectivity index (χ0v) is 16.0. The van der Waals surface area contributed by atoms with Gasteiger partial charge in [0.05, 0.1) is 12.1 Å². The molecule has 2 aliphatic heterocycles. The van der Waals surface area contributed by atoms with Gasteiger partial charge in [0.1, 0.15) is 0 Å². The van der Waals surface area contributed by atoms with Gasteiger partial charge in [-0.2, -0.15) is 0 Å². The first-order valence-corrected chi connectivity index (χ1v) is 8.90.